The maximum atomic E-state index is 11.1. The van der Waals surface area contributed by atoms with Crippen molar-refractivity contribution in [2.75, 3.05) is 0 Å². The number of aryl methyl sites for hydroxylation is 1. The van der Waals surface area contributed by atoms with Crippen molar-refractivity contribution in [3.8, 4) is 0 Å². The lowest BCUT2D eigenvalue weighted by atomic mass is 10.1. The van der Waals surface area contributed by atoms with Gasteiger partial charge in [-0.15, -0.1) is 0 Å². The molecular formula is C14H23NO. The Morgan fingerprint density at radius 3 is 2.50 bits per heavy atom. The summed E-state index contributed by atoms with van der Waals surface area (Å²) in [4.78, 5) is 11.1. The third-order valence-corrected chi connectivity index (χ3v) is 2.93. The third-order valence-electron chi connectivity index (χ3n) is 2.93. The molecule has 0 spiro atoms. The van der Waals surface area contributed by atoms with Crippen LogP contribution in [-0.4, -0.2) is 10.4 Å². The monoisotopic (exact) mass is 221 g/mol. The van der Waals surface area contributed by atoms with Crippen molar-refractivity contribution >= 4 is 5.78 Å². The predicted molar refractivity (Wildman–Crippen MR) is 67.8 cm³/mol. The molecule has 0 atom stereocenters. The van der Waals surface area contributed by atoms with Crippen LogP contribution in [0.25, 0.3) is 0 Å². The molecule has 0 aliphatic carbocycles. The van der Waals surface area contributed by atoms with Gasteiger partial charge in [-0.2, -0.15) is 0 Å². The molecule has 1 aromatic rings. The Morgan fingerprint density at radius 2 is 1.88 bits per heavy atom. The van der Waals surface area contributed by atoms with Crippen LogP contribution in [0.1, 0.15) is 62.7 Å². The molecule has 2 heteroatoms. The van der Waals surface area contributed by atoms with Crippen molar-refractivity contribution in [2.45, 2.75) is 58.9 Å². The molecule has 0 N–H and O–H groups in total. The van der Waals surface area contributed by atoms with E-state index < -0.39 is 0 Å². The number of aromatic nitrogens is 1. The maximum Gasteiger partial charge on any atom is 0.161 e. The van der Waals surface area contributed by atoms with Gasteiger partial charge >= 0.3 is 0 Å². The highest BCUT2D eigenvalue weighted by Gasteiger charge is 2.00. The molecule has 1 aromatic heterocycles. The van der Waals surface area contributed by atoms with Crippen LogP contribution in [0, 0.1) is 0 Å². The molecule has 90 valence electrons. The van der Waals surface area contributed by atoms with Crippen molar-refractivity contribution in [1.82, 2.24) is 4.57 Å². The number of rotatable bonds is 8. The van der Waals surface area contributed by atoms with Gasteiger partial charge in [0, 0.05) is 24.5 Å². The first-order valence-corrected chi connectivity index (χ1v) is 6.40. The Hall–Kier alpha value is -1.05. The minimum Gasteiger partial charge on any atom is -0.354 e. The van der Waals surface area contributed by atoms with Gasteiger partial charge in [0.1, 0.15) is 0 Å². The van der Waals surface area contributed by atoms with E-state index in [9.17, 15) is 4.79 Å². The molecule has 1 heterocycles. The Labute approximate surface area is 98.7 Å². The van der Waals surface area contributed by atoms with E-state index >= 15 is 0 Å². The molecule has 0 aliphatic heterocycles. The Kier molecular flexibility index (Phi) is 5.91. The largest absolute Gasteiger partial charge is 0.354 e. The first-order chi connectivity index (χ1) is 7.74. The first kappa shape index (κ1) is 13.0. The highest BCUT2D eigenvalue weighted by atomic mass is 16.1. The fourth-order valence-corrected chi connectivity index (χ4v) is 1.86. The van der Waals surface area contributed by atoms with Crippen molar-refractivity contribution in [1.29, 1.82) is 0 Å². The number of ketones is 1. The highest BCUT2D eigenvalue weighted by Crippen LogP contribution is 2.08. The molecular weight excluding hydrogens is 198 g/mol. The van der Waals surface area contributed by atoms with E-state index in [1.165, 1.54) is 38.5 Å². The maximum absolute atomic E-state index is 11.1. The van der Waals surface area contributed by atoms with Gasteiger partial charge in [0.25, 0.3) is 0 Å². The molecule has 16 heavy (non-hydrogen) atoms. The molecule has 0 fully saturated rings. The summed E-state index contributed by atoms with van der Waals surface area (Å²) >= 11 is 0. The number of hydrogen-bond acceptors (Lipinski definition) is 1. The van der Waals surface area contributed by atoms with E-state index in [1.807, 2.05) is 18.5 Å². The number of carbonyl (C=O) groups is 1. The Balaban J connectivity index is 2.14. The van der Waals surface area contributed by atoms with E-state index in [0.29, 0.717) is 0 Å². The van der Waals surface area contributed by atoms with Crippen molar-refractivity contribution in [3.05, 3.63) is 24.0 Å². The summed E-state index contributed by atoms with van der Waals surface area (Å²) in [6, 6.07) is 1.90. The fraction of sp³-hybridized carbons (Fsp3) is 0.643. The fourth-order valence-electron chi connectivity index (χ4n) is 1.86. The van der Waals surface area contributed by atoms with Crippen LogP contribution in [-0.2, 0) is 6.54 Å². The number of hydrogen-bond donors (Lipinski definition) is 0. The van der Waals surface area contributed by atoms with Crippen molar-refractivity contribution in [2.24, 2.45) is 0 Å². The van der Waals surface area contributed by atoms with E-state index in [-0.39, 0.29) is 5.78 Å². The van der Waals surface area contributed by atoms with Gasteiger partial charge in [-0.1, -0.05) is 39.0 Å². The van der Waals surface area contributed by atoms with Gasteiger partial charge < -0.3 is 4.57 Å². The number of unbranched alkanes of at least 4 members (excludes halogenated alkanes) is 5. The Bertz CT molecular complexity index is 314. The highest BCUT2D eigenvalue weighted by molar-refractivity contribution is 5.93. The van der Waals surface area contributed by atoms with Crippen molar-refractivity contribution in [3.63, 3.8) is 0 Å². The summed E-state index contributed by atoms with van der Waals surface area (Å²) in [5.41, 5.74) is 0.825. The number of carbonyl (C=O) groups excluding carboxylic acids is 1. The van der Waals surface area contributed by atoms with Crippen LogP contribution in [0.5, 0.6) is 0 Å². The second-order valence-corrected chi connectivity index (χ2v) is 4.46. The second-order valence-electron chi connectivity index (χ2n) is 4.46. The van der Waals surface area contributed by atoms with Gasteiger partial charge in [0.15, 0.2) is 5.78 Å². The van der Waals surface area contributed by atoms with Crippen LogP contribution in [0.3, 0.4) is 0 Å². The zero-order valence-electron chi connectivity index (χ0n) is 10.5. The molecule has 0 aliphatic rings. The first-order valence-electron chi connectivity index (χ1n) is 6.40. The molecule has 0 amide bonds. The predicted octanol–water partition coefficient (Wildman–Crippen LogP) is 4.05. The lowest BCUT2D eigenvalue weighted by Gasteiger charge is -2.02. The molecule has 2 nitrogen and oxygen atoms in total. The van der Waals surface area contributed by atoms with Crippen LogP contribution < -0.4 is 0 Å². The van der Waals surface area contributed by atoms with E-state index in [1.54, 1.807) is 6.92 Å². The molecule has 0 unspecified atom stereocenters. The Morgan fingerprint density at radius 1 is 1.19 bits per heavy atom. The molecule has 0 aromatic carbocycles. The van der Waals surface area contributed by atoms with Gasteiger partial charge in [-0.05, 0) is 19.4 Å². The standard InChI is InChI=1S/C14H23NO/c1-3-4-5-6-7-8-10-15-11-9-14(12-15)13(2)16/h9,11-12H,3-8,10H2,1-2H3. The van der Waals surface area contributed by atoms with E-state index in [4.69, 9.17) is 0 Å². The lowest BCUT2D eigenvalue weighted by Crippen LogP contribution is -1.95. The topological polar surface area (TPSA) is 22.0 Å². The lowest BCUT2D eigenvalue weighted by molar-refractivity contribution is 0.101. The van der Waals surface area contributed by atoms with E-state index in [2.05, 4.69) is 11.5 Å². The number of nitrogens with zero attached hydrogens (tertiary/aromatic N) is 1. The summed E-state index contributed by atoms with van der Waals surface area (Å²) in [6.45, 7) is 4.90. The molecule has 0 saturated carbocycles. The van der Waals surface area contributed by atoms with Crippen LogP contribution in [0.2, 0.25) is 0 Å². The second kappa shape index (κ2) is 7.26. The average Bonchev–Trinajstić information content (AvgIpc) is 2.72. The minimum atomic E-state index is 0.154. The SMILES string of the molecule is CCCCCCCCn1ccc(C(C)=O)c1. The molecule has 1 rings (SSSR count). The molecule has 0 saturated heterocycles. The normalized spacial score (nSPS) is 10.6. The average molecular weight is 221 g/mol. The zero-order chi connectivity index (χ0) is 11.8. The van der Waals surface area contributed by atoms with E-state index in [0.717, 1.165) is 12.1 Å². The van der Waals surface area contributed by atoms with Crippen LogP contribution >= 0.6 is 0 Å². The summed E-state index contributed by atoms with van der Waals surface area (Å²) in [5, 5.41) is 0. The van der Waals surface area contributed by atoms with Gasteiger partial charge in [-0.25, -0.2) is 0 Å². The van der Waals surface area contributed by atoms with Crippen LogP contribution in [0.15, 0.2) is 18.5 Å². The van der Waals surface area contributed by atoms with Gasteiger partial charge in [-0.3, -0.25) is 4.79 Å². The minimum absolute atomic E-state index is 0.154. The summed E-state index contributed by atoms with van der Waals surface area (Å²) in [6.07, 6.45) is 11.8. The van der Waals surface area contributed by atoms with Gasteiger partial charge in [0.05, 0.1) is 0 Å². The van der Waals surface area contributed by atoms with Crippen LogP contribution in [0.4, 0.5) is 0 Å². The summed E-state index contributed by atoms with van der Waals surface area (Å²) in [7, 11) is 0. The number of Topliss-reactive ketones (excluding diaryl/α,β-unsaturated/α-hetero) is 1. The molecule has 0 bridgehead atoms. The summed E-state index contributed by atoms with van der Waals surface area (Å²) in [5.74, 6) is 0.154. The van der Waals surface area contributed by atoms with Gasteiger partial charge in [0.2, 0.25) is 0 Å². The quantitative estimate of drug-likeness (QED) is 0.479. The van der Waals surface area contributed by atoms with Crippen molar-refractivity contribution < 1.29 is 4.79 Å². The smallest absolute Gasteiger partial charge is 0.161 e. The zero-order valence-corrected chi connectivity index (χ0v) is 10.5. The third kappa shape index (κ3) is 4.65. The summed E-state index contributed by atoms with van der Waals surface area (Å²) < 4.78 is 2.12. The molecule has 0 radical (unpaired) electrons.